The minimum absolute atomic E-state index is 0.0301. The van der Waals surface area contributed by atoms with Gasteiger partial charge in [-0.3, -0.25) is 0 Å². The van der Waals surface area contributed by atoms with Gasteiger partial charge in [-0.2, -0.15) is 4.98 Å². The molecule has 2 aromatic heterocycles. The highest BCUT2D eigenvalue weighted by molar-refractivity contribution is 5.71. The van der Waals surface area contributed by atoms with Crippen LogP contribution in [0.4, 0.5) is 0 Å². The highest BCUT2D eigenvalue weighted by Crippen LogP contribution is 2.17. The third-order valence-electron chi connectivity index (χ3n) is 2.01. The van der Waals surface area contributed by atoms with Crippen LogP contribution in [0, 0.1) is 0 Å². The average molecular weight is 238 g/mol. The van der Waals surface area contributed by atoms with E-state index < -0.39 is 12.1 Å². The Morgan fingerprint density at radius 2 is 2.47 bits per heavy atom. The molecule has 0 spiro atoms. The Morgan fingerprint density at radius 3 is 3.12 bits per heavy atom. The second kappa shape index (κ2) is 4.79. The van der Waals surface area contributed by atoms with Crippen molar-refractivity contribution >= 4 is 5.97 Å². The summed E-state index contributed by atoms with van der Waals surface area (Å²) in [6.45, 7) is 1.40. The molecule has 7 nitrogen and oxygen atoms in total. The third-order valence-corrected chi connectivity index (χ3v) is 2.01. The largest absolute Gasteiger partial charge is 0.479 e. The molecule has 90 valence electrons. The molecule has 0 aliphatic heterocycles. The summed E-state index contributed by atoms with van der Waals surface area (Å²) in [5.74, 6) is -0.0872. The van der Waals surface area contributed by atoms with Gasteiger partial charge in [-0.1, -0.05) is 5.16 Å². The zero-order chi connectivity index (χ0) is 12.3. The first-order chi connectivity index (χ1) is 8.16. The zero-order valence-electron chi connectivity index (χ0n) is 8.99. The summed E-state index contributed by atoms with van der Waals surface area (Å²) < 4.78 is 15.0. The molecular formula is C10H10N2O5. The van der Waals surface area contributed by atoms with Crippen molar-refractivity contribution in [3.63, 3.8) is 0 Å². The van der Waals surface area contributed by atoms with E-state index in [0.29, 0.717) is 5.76 Å². The lowest BCUT2D eigenvalue weighted by molar-refractivity contribution is -0.150. The predicted molar refractivity (Wildman–Crippen MR) is 53.9 cm³/mol. The van der Waals surface area contributed by atoms with Gasteiger partial charge in [0.15, 0.2) is 17.7 Å². The van der Waals surface area contributed by atoms with Crippen LogP contribution >= 0.6 is 0 Å². The highest BCUT2D eigenvalue weighted by atomic mass is 16.5. The van der Waals surface area contributed by atoms with Gasteiger partial charge >= 0.3 is 5.97 Å². The van der Waals surface area contributed by atoms with Gasteiger partial charge in [-0.05, 0) is 19.1 Å². The molecule has 2 rings (SSSR count). The number of aromatic nitrogens is 2. The van der Waals surface area contributed by atoms with E-state index in [1.54, 1.807) is 12.1 Å². The van der Waals surface area contributed by atoms with E-state index in [2.05, 4.69) is 10.1 Å². The molecule has 0 saturated heterocycles. The fourth-order valence-corrected chi connectivity index (χ4v) is 1.08. The molecule has 0 unspecified atom stereocenters. The number of ether oxygens (including phenoxy) is 1. The van der Waals surface area contributed by atoms with Crippen molar-refractivity contribution in [2.45, 2.75) is 19.6 Å². The summed E-state index contributed by atoms with van der Waals surface area (Å²) >= 11 is 0. The molecule has 0 aromatic carbocycles. The second-order valence-corrected chi connectivity index (χ2v) is 3.28. The predicted octanol–water partition coefficient (Wildman–Crippen LogP) is 1.32. The van der Waals surface area contributed by atoms with Gasteiger partial charge in [-0.15, -0.1) is 0 Å². The van der Waals surface area contributed by atoms with Gasteiger partial charge in [-0.25, -0.2) is 4.79 Å². The monoisotopic (exact) mass is 238 g/mol. The van der Waals surface area contributed by atoms with E-state index in [0.717, 1.165) is 0 Å². The Balaban J connectivity index is 1.97. The third kappa shape index (κ3) is 2.70. The van der Waals surface area contributed by atoms with Gasteiger partial charge in [0.2, 0.25) is 0 Å². The van der Waals surface area contributed by atoms with Crippen LogP contribution in [0.5, 0.6) is 0 Å². The van der Waals surface area contributed by atoms with Crippen molar-refractivity contribution in [2.24, 2.45) is 0 Å². The van der Waals surface area contributed by atoms with Gasteiger partial charge in [0.1, 0.15) is 6.61 Å². The fourth-order valence-electron chi connectivity index (χ4n) is 1.08. The molecule has 1 N–H and O–H groups in total. The Labute approximate surface area is 96.0 Å². The van der Waals surface area contributed by atoms with E-state index in [4.69, 9.17) is 18.8 Å². The lowest BCUT2D eigenvalue weighted by Gasteiger charge is -2.04. The van der Waals surface area contributed by atoms with Crippen molar-refractivity contribution in [1.82, 2.24) is 10.1 Å². The van der Waals surface area contributed by atoms with E-state index in [1.165, 1.54) is 13.2 Å². The highest BCUT2D eigenvalue weighted by Gasteiger charge is 2.15. The average Bonchev–Trinajstić information content (AvgIpc) is 2.95. The maximum atomic E-state index is 10.5. The van der Waals surface area contributed by atoms with Crippen LogP contribution in [0.15, 0.2) is 27.3 Å². The van der Waals surface area contributed by atoms with E-state index in [9.17, 15) is 4.79 Å². The molecule has 0 aliphatic carbocycles. The molecule has 2 heterocycles. The van der Waals surface area contributed by atoms with Crippen molar-refractivity contribution in [3.05, 3.63) is 24.2 Å². The summed E-state index contributed by atoms with van der Waals surface area (Å²) in [6, 6.07) is 3.38. The smallest absolute Gasteiger partial charge is 0.332 e. The Bertz CT molecular complexity index is 491. The Hall–Kier alpha value is -2.15. The molecule has 0 aliphatic rings. The molecule has 17 heavy (non-hydrogen) atoms. The standard InChI is InChI=1S/C10H10N2O5/c1-6(10(13)14)16-5-8-11-9(17-12-8)7-3-2-4-15-7/h2-4,6H,5H2,1H3,(H,13,14)/t6-/m0/s1. The topological polar surface area (TPSA) is 98.6 Å². The van der Waals surface area contributed by atoms with Crippen molar-refractivity contribution < 1.29 is 23.6 Å². The number of carboxylic acid groups (broad SMARTS) is 1. The number of carboxylic acids is 1. The van der Waals surface area contributed by atoms with Crippen LogP contribution < -0.4 is 0 Å². The van der Waals surface area contributed by atoms with Crippen LogP contribution in [0.3, 0.4) is 0 Å². The quantitative estimate of drug-likeness (QED) is 0.838. The van der Waals surface area contributed by atoms with Crippen LogP contribution in [0.25, 0.3) is 11.7 Å². The lowest BCUT2D eigenvalue weighted by atomic mass is 10.4. The minimum Gasteiger partial charge on any atom is -0.479 e. The maximum absolute atomic E-state index is 10.5. The van der Waals surface area contributed by atoms with Gasteiger partial charge in [0.05, 0.1) is 6.26 Å². The molecule has 0 saturated carbocycles. The number of nitrogens with zero attached hydrogens (tertiary/aromatic N) is 2. The van der Waals surface area contributed by atoms with Crippen molar-refractivity contribution in [3.8, 4) is 11.7 Å². The minimum atomic E-state index is -1.04. The Kier molecular flexibility index (Phi) is 3.20. The first kappa shape index (κ1) is 11.3. The van der Waals surface area contributed by atoms with Crippen LogP contribution in [0.2, 0.25) is 0 Å². The number of furan rings is 1. The summed E-state index contributed by atoms with van der Waals surface area (Å²) in [5.41, 5.74) is 0. The number of aliphatic carboxylic acids is 1. The van der Waals surface area contributed by atoms with Crippen molar-refractivity contribution in [2.75, 3.05) is 0 Å². The summed E-state index contributed by atoms with van der Waals surface area (Å²) in [6.07, 6.45) is 0.572. The van der Waals surface area contributed by atoms with E-state index in [-0.39, 0.29) is 18.3 Å². The molecule has 7 heteroatoms. The first-order valence-electron chi connectivity index (χ1n) is 4.87. The first-order valence-corrected chi connectivity index (χ1v) is 4.87. The van der Waals surface area contributed by atoms with Crippen LogP contribution in [-0.2, 0) is 16.1 Å². The summed E-state index contributed by atoms with van der Waals surface area (Å²) in [7, 11) is 0. The summed E-state index contributed by atoms with van der Waals surface area (Å²) in [4.78, 5) is 14.5. The van der Waals surface area contributed by atoms with E-state index >= 15 is 0 Å². The molecule has 0 amide bonds. The van der Waals surface area contributed by atoms with Crippen LogP contribution in [0.1, 0.15) is 12.7 Å². The summed E-state index contributed by atoms with van der Waals surface area (Å²) in [5, 5.41) is 12.3. The van der Waals surface area contributed by atoms with Crippen LogP contribution in [-0.4, -0.2) is 27.3 Å². The number of hydrogen-bond donors (Lipinski definition) is 1. The van der Waals surface area contributed by atoms with Gasteiger partial charge in [0.25, 0.3) is 5.89 Å². The lowest BCUT2D eigenvalue weighted by Crippen LogP contribution is -2.19. The van der Waals surface area contributed by atoms with E-state index in [1.807, 2.05) is 0 Å². The molecule has 2 aromatic rings. The molecule has 0 radical (unpaired) electrons. The maximum Gasteiger partial charge on any atom is 0.332 e. The normalized spacial score (nSPS) is 12.5. The number of carbonyl (C=O) groups is 1. The zero-order valence-corrected chi connectivity index (χ0v) is 8.99. The number of hydrogen-bond acceptors (Lipinski definition) is 6. The Morgan fingerprint density at radius 1 is 1.65 bits per heavy atom. The fraction of sp³-hybridized carbons (Fsp3) is 0.300. The SMILES string of the molecule is C[C@H](OCc1noc(-c2ccco2)n1)C(=O)O. The van der Waals surface area contributed by atoms with Gasteiger partial charge in [0, 0.05) is 0 Å². The number of rotatable bonds is 5. The van der Waals surface area contributed by atoms with Gasteiger partial charge < -0.3 is 18.8 Å². The molecular weight excluding hydrogens is 228 g/mol. The molecule has 1 atom stereocenters. The molecule has 0 bridgehead atoms. The molecule has 0 fully saturated rings. The van der Waals surface area contributed by atoms with Crippen molar-refractivity contribution in [1.29, 1.82) is 0 Å². The second-order valence-electron chi connectivity index (χ2n) is 3.28.